The van der Waals surface area contributed by atoms with Crippen molar-refractivity contribution in [2.75, 3.05) is 13.2 Å². The van der Waals surface area contributed by atoms with E-state index in [0.29, 0.717) is 37.6 Å². The molecule has 2 saturated heterocycles. The van der Waals surface area contributed by atoms with Crippen LogP contribution in [0.15, 0.2) is 42.5 Å². The number of nitrogens with one attached hydrogen (secondary N) is 2. The van der Waals surface area contributed by atoms with Gasteiger partial charge in [0.25, 0.3) is 0 Å². The fourth-order valence-corrected chi connectivity index (χ4v) is 4.35. The van der Waals surface area contributed by atoms with Crippen LogP contribution in [0.4, 0.5) is 0 Å². The molecule has 2 heterocycles. The van der Waals surface area contributed by atoms with Gasteiger partial charge < -0.3 is 15.4 Å². The van der Waals surface area contributed by atoms with Crippen molar-refractivity contribution < 1.29 is 9.53 Å². The lowest BCUT2D eigenvalue weighted by Gasteiger charge is -2.28. The lowest BCUT2D eigenvalue weighted by atomic mass is 9.89. The van der Waals surface area contributed by atoms with E-state index < -0.39 is 0 Å². The molecule has 132 valence electrons. The smallest absolute Gasteiger partial charge is 0.220 e. The molecule has 0 aromatic heterocycles. The van der Waals surface area contributed by atoms with E-state index in [0.717, 1.165) is 24.0 Å². The van der Waals surface area contributed by atoms with Gasteiger partial charge >= 0.3 is 0 Å². The Hall–Kier alpha value is -2.07. The Balaban J connectivity index is 1.22. The topological polar surface area (TPSA) is 50.4 Å². The van der Waals surface area contributed by atoms with Crippen LogP contribution in [-0.4, -0.2) is 31.1 Å². The van der Waals surface area contributed by atoms with Gasteiger partial charge in [0.05, 0.1) is 6.54 Å². The summed E-state index contributed by atoms with van der Waals surface area (Å²) in [6, 6.07) is 15.5. The molecule has 0 aliphatic carbocycles. The Morgan fingerprint density at radius 3 is 2.68 bits per heavy atom. The predicted molar refractivity (Wildman–Crippen MR) is 99.7 cm³/mol. The molecule has 4 nitrogen and oxygen atoms in total. The second kappa shape index (κ2) is 7.44. The van der Waals surface area contributed by atoms with E-state index in [9.17, 15) is 4.79 Å². The van der Waals surface area contributed by atoms with Gasteiger partial charge in [0, 0.05) is 23.9 Å². The van der Waals surface area contributed by atoms with Crippen molar-refractivity contribution in [1.82, 2.24) is 10.6 Å². The molecule has 4 heteroatoms. The highest BCUT2D eigenvalue weighted by Gasteiger charge is 2.34. The van der Waals surface area contributed by atoms with E-state index in [1.54, 1.807) is 0 Å². The molecule has 3 atom stereocenters. The number of hydrogen-bond donors (Lipinski definition) is 2. The number of piperidine rings is 1. The second-order valence-corrected chi connectivity index (χ2v) is 7.36. The van der Waals surface area contributed by atoms with Crippen LogP contribution in [0.3, 0.4) is 0 Å². The Bertz CT molecular complexity index is 728. The number of rotatable bonds is 6. The predicted octanol–water partition coefficient (Wildman–Crippen LogP) is 3.26. The highest BCUT2D eigenvalue weighted by molar-refractivity contribution is 5.88. The van der Waals surface area contributed by atoms with Gasteiger partial charge in [0.1, 0.15) is 12.4 Å². The van der Waals surface area contributed by atoms with Crippen molar-refractivity contribution in [3.05, 3.63) is 42.5 Å². The SMILES string of the molecule is O=C(CC1C[C@H]2CC[C@@H](C1)N2)NCCOc1cccc2ccccc12. The van der Waals surface area contributed by atoms with E-state index in [-0.39, 0.29) is 5.91 Å². The molecule has 2 fully saturated rings. The molecule has 2 aromatic rings. The third-order valence-corrected chi connectivity index (χ3v) is 5.48. The van der Waals surface area contributed by atoms with Crippen molar-refractivity contribution in [2.45, 2.75) is 44.2 Å². The van der Waals surface area contributed by atoms with Crippen molar-refractivity contribution >= 4 is 16.7 Å². The largest absolute Gasteiger partial charge is 0.491 e. The van der Waals surface area contributed by atoms with Crippen LogP contribution in [0.2, 0.25) is 0 Å². The average molecular weight is 338 g/mol. The lowest BCUT2D eigenvalue weighted by molar-refractivity contribution is -0.122. The van der Waals surface area contributed by atoms with Crippen molar-refractivity contribution in [3.63, 3.8) is 0 Å². The van der Waals surface area contributed by atoms with Crippen LogP contribution < -0.4 is 15.4 Å². The third-order valence-electron chi connectivity index (χ3n) is 5.48. The summed E-state index contributed by atoms with van der Waals surface area (Å²) in [6.07, 6.45) is 5.51. The monoisotopic (exact) mass is 338 g/mol. The minimum Gasteiger partial charge on any atom is -0.491 e. The van der Waals surface area contributed by atoms with Gasteiger partial charge in [-0.3, -0.25) is 4.79 Å². The van der Waals surface area contributed by atoms with E-state index in [2.05, 4.69) is 28.8 Å². The lowest BCUT2D eigenvalue weighted by Crippen LogP contribution is -2.40. The van der Waals surface area contributed by atoms with Crippen molar-refractivity contribution in [1.29, 1.82) is 0 Å². The second-order valence-electron chi connectivity index (χ2n) is 7.36. The van der Waals surface area contributed by atoms with Gasteiger partial charge in [0.2, 0.25) is 5.91 Å². The number of ether oxygens (including phenoxy) is 1. The Morgan fingerprint density at radius 2 is 1.84 bits per heavy atom. The molecule has 2 aromatic carbocycles. The van der Waals surface area contributed by atoms with Gasteiger partial charge in [-0.05, 0) is 43.1 Å². The fraction of sp³-hybridized carbons (Fsp3) is 0.476. The zero-order valence-corrected chi connectivity index (χ0v) is 14.5. The van der Waals surface area contributed by atoms with Gasteiger partial charge in [0.15, 0.2) is 0 Å². The molecule has 25 heavy (non-hydrogen) atoms. The summed E-state index contributed by atoms with van der Waals surface area (Å²) < 4.78 is 5.88. The molecule has 1 unspecified atom stereocenters. The fourth-order valence-electron chi connectivity index (χ4n) is 4.35. The maximum Gasteiger partial charge on any atom is 0.220 e. The zero-order chi connectivity index (χ0) is 17.1. The number of amides is 1. The van der Waals surface area contributed by atoms with Crippen LogP contribution in [-0.2, 0) is 4.79 Å². The Kier molecular flexibility index (Phi) is 4.88. The quantitative estimate of drug-likeness (QED) is 0.795. The first-order valence-corrected chi connectivity index (χ1v) is 9.41. The van der Waals surface area contributed by atoms with Gasteiger partial charge in [-0.2, -0.15) is 0 Å². The number of hydrogen-bond acceptors (Lipinski definition) is 3. The number of fused-ring (bicyclic) bond motifs is 3. The van der Waals surface area contributed by atoms with E-state index in [1.165, 1.54) is 18.2 Å². The number of benzene rings is 2. The molecular weight excluding hydrogens is 312 g/mol. The number of carbonyl (C=O) groups excluding carboxylic acids is 1. The Morgan fingerprint density at radius 1 is 1.08 bits per heavy atom. The van der Waals surface area contributed by atoms with E-state index in [1.807, 2.05) is 24.3 Å². The summed E-state index contributed by atoms with van der Waals surface area (Å²) in [5, 5.41) is 8.92. The summed E-state index contributed by atoms with van der Waals surface area (Å²) >= 11 is 0. The van der Waals surface area contributed by atoms with Crippen LogP contribution >= 0.6 is 0 Å². The van der Waals surface area contributed by atoms with Crippen LogP contribution in [0.1, 0.15) is 32.1 Å². The molecule has 2 N–H and O–H groups in total. The standard InChI is InChI=1S/C21H26N2O2/c24-21(14-15-12-17-8-9-18(13-15)23-17)22-10-11-25-20-7-3-5-16-4-1-2-6-19(16)20/h1-7,15,17-18,23H,8-14H2,(H,22,24)/t15?,17-,18+. The average Bonchev–Trinajstić information content (AvgIpc) is 2.97. The molecule has 0 saturated carbocycles. The molecule has 0 spiro atoms. The maximum atomic E-state index is 12.2. The summed E-state index contributed by atoms with van der Waals surface area (Å²) in [7, 11) is 0. The van der Waals surface area contributed by atoms with Gasteiger partial charge in [-0.15, -0.1) is 0 Å². The third kappa shape index (κ3) is 3.96. The first-order chi connectivity index (χ1) is 12.3. The maximum absolute atomic E-state index is 12.2. The molecule has 4 rings (SSSR count). The molecule has 2 aliphatic heterocycles. The minimum atomic E-state index is 0.160. The van der Waals surface area contributed by atoms with Crippen molar-refractivity contribution in [2.24, 2.45) is 5.92 Å². The first-order valence-electron chi connectivity index (χ1n) is 9.41. The number of carbonyl (C=O) groups is 1. The Labute approximate surface area is 148 Å². The summed E-state index contributed by atoms with van der Waals surface area (Å²) in [4.78, 5) is 12.2. The highest BCUT2D eigenvalue weighted by atomic mass is 16.5. The van der Waals surface area contributed by atoms with Crippen LogP contribution in [0, 0.1) is 5.92 Å². The van der Waals surface area contributed by atoms with Gasteiger partial charge in [-0.25, -0.2) is 0 Å². The summed E-state index contributed by atoms with van der Waals surface area (Å²) in [5.74, 6) is 1.58. The molecule has 2 bridgehead atoms. The molecule has 0 radical (unpaired) electrons. The molecular formula is C21H26N2O2. The van der Waals surface area contributed by atoms with Crippen molar-refractivity contribution in [3.8, 4) is 5.75 Å². The van der Waals surface area contributed by atoms with E-state index >= 15 is 0 Å². The van der Waals surface area contributed by atoms with Gasteiger partial charge in [-0.1, -0.05) is 36.4 Å². The minimum absolute atomic E-state index is 0.160. The first kappa shape index (κ1) is 16.4. The highest BCUT2D eigenvalue weighted by Crippen LogP contribution is 2.32. The molecule has 1 amide bonds. The summed E-state index contributed by atoms with van der Waals surface area (Å²) in [5.41, 5.74) is 0. The van der Waals surface area contributed by atoms with Crippen LogP contribution in [0.5, 0.6) is 5.75 Å². The van der Waals surface area contributed by atoms with Crippen LogP contribution in [0.25, 0.3) is 10.8 Å². The summed E-state index contributed by atoms with van der Waals surface area (Å²) in [6.45, 7) is 1.05. The molecule has 2 aliphatic rings. The van der Waals surface area contributed by atoms with E-state index in [4.69, 9.17) is 4.74 Å². The zero-order valence-electron chi connectivity index (χ0n) is 14.5. The normalized spacial score (nSPS) is 25.0.